The van der Waals surface area contributed by atoms with Crippen molar-refractivity contribution < 1.29 is 39.5 Å². The monoisotopic (exact) mass is 417 g/mol. The molecule has 0 aromatic heterocycles. The van der Waals surface area contributed by atoms with Gasteiger partial charge in [0.25, 0.3) is 0 Å². The average Bonchev–Trinajstić information content (AvgIpc) is 2.51. The van der Waals surface area contributed by atoms with Gasteiger partial charge in [0.2, 0.25) is 0 Å². The van der Waals surface area contributed by atoms with Gasteiger partial charge in [-0.1, -0.05) is 22.9 Å². The molecule has 0 amide bonds. The molecule has 0 bridgehead atoms. The summed E-state index contributed by atoms with van der Waals surface area (Å²) in [5, 5.41) is 2.69. The fourth-order valence-electron chi connectivity index (χ4n) is 1.72. The van der Waals surface area contributed by atoms with Gasteiger partial charge in [-0.05, 0) is 32.9 Å². The van der Waals surface area contributed by atoms with Crippen LogP contribution in [-0.2, 0) is 28.0 Å². The second-order valence-electron chi connectivity index (χ2n) is 4.98. The van der Waals surface area contributed by atoms with E-state index in [1.807, 2.05) is 0 Å². The summed E-state index contributed by atoms with van der Waals surface area (Å²) in [7, 11) is -8.73. The Morgan fingerprint density at radius 1 is 1.12 bits per heavy atom. The molecule has 1 aromatic rings. The Hall–Kier alpha value is -1.42. The van der Waals surface area contributed by atoms with Crippen LogP contribution in [0.4, 0.5) is 13.2 Å². The number of benzene rings is 1. The third kappa shape index (κ3) is 6.71. The lowest BCUT2D eigenvalue weighted by molar-refractivity contribution is -0.0610. The summed E-state index contributed by atoms with van der Waals surface area (Å²) in [5.41, 5.74) is -0.976. The molecule has 0 N–H and O–H groups in total. The third-order valence-electron chi connectivity index (χ3n) is 2.88. The van der Waals surface area contributed by atoms with Crippen molar-refractivity contribution in [1.82, 2.24) is 0 Å². The van der Waals surface area contributed by atoms with Crippen LogP contribution in [0.2, 0.25) is 0 Å². The SMILES string of the molecule is CCOP(=O)(C/C(=N\OS(=O)(=O)c1ccc(C)cc1)C(F)(F)F)OCC. The molecule has 148 valence electrons. The second-order valence-corrected chi connectivity index (χ2v) is 8.57. The van der Waals surface area contributed by atoms with E-state index in [2.05, 4.69) is 9.44 Å². The molecule has 0 heterocycles. The highest BCUT2D eigenvalue weighted by Crippen LogP contribution is 2.49. The van der Waals surface area contributed by atoms with Crippen LogP contribution in [0.5, 0.6) is 0 Å². The van der Waals surface area contributed by atoms with Crippen LogP contribution in [0.3, 0.4) is 0 Å². The van der Waals surface area contributed by atoms with Gasteiger partial charge < -0.3 is 9.05 Å². The van der Waals surface area contributed by atoms with Crippen molar-refractivity contribution >= 4 is 23.4 Å². The van der Waals surface area contributed by atoms with Gasteiger partial charge >= 0.3 is 23.9 Å². The molecule has 0 aliphatic rings. The zero-order valence-corrected chi connectivity index (χ0v) is 16.0. The molecular weight excluding hydrogens is 398 g/mol. The quantitative estimate of drug-likeness (QED) is 0.344. The molecule has 0 atom stereocenters. The van der Waals surface area contributed by atoms with Crippen LogP contribution in [-0.4, -0.2) is 39.7 Å². The third-order valence-corrected chi connectivity index (χ3v) is 5.99. The Labute approximate surface area is 149 Å². The molecule has 0 radical (unpaired) electrons. The van der Waals surface area contributed by atoms with Crippen LogP contribution in [0.1, 0.15) is 19.4 Å². The van der Waals surface area contributed by atoms with E-state index in [0.717, 1.165) is 5.56 Å². The largest absolute Gasteiger partial charge is 0.433 e. The second kappa shape index (κ2) is 8.98. The van der Waals surface area contributed by atoms with Gasteiger partial charge in [0.15, 0.2) is 5.71 Å². The minimum atomic E-state index is -5.09. The molecule has 0 saturated heterocycles. The number of hydrogen-bond acceptors (Lipinski definition) is 7. The van der Waals surface area contributed by atoms with Crippen molar-refractivity contribution in [2.75, 3.05) is 19.4 Å². The Morgan fingerprint density at radius 2 is 1.62 bits per heavy atom. The summed E-state index contributed by atoms with van der Waals surface area (Å²) in [6.07, 6.45) is -6.37. The average molecular weight is 417 g/mol. The van der Waals surface area contributed by atoms with E-state index in [-0.39, 0.29) is 18.1 Å². The standard InChI is InChI=1S/C14H19F3NO6PS/c1-4-22-25(19,23-5-2)10-13(14(15,16)17)18-24-26(20,21)12-8-6-11(3)7-9-12/h6-9H,4-5,10H2,1-3H3/b18-13+. The first kappa shape index (κ1) is 22.6. The van der Waals surface area contributed by atoms with E-state index in [1.54, 1.807) is 6.92 Å². The van der Waals surface area contributed by atoms with E-state index in [9.17, 15) is 26.2 Å². The van der Waals surface area contributed by atoms with Crippen molar-refractivity contribution in [3.05, 3.63) is 29.8 Å². The smallest absolute Gasteiger partial charge is 0.309 e. The van der Waals surface area contributed by atoms with Crippen molar-refractivity contribution in [3.63, 3.8) is 0 Å². The van der Waals surface area contributed by atoms with E-state index < -0.39 is 35.8 Å². The molecule has 0 fully saturated rings. The Bertz CT molecular complexity index is 767. The molecule has 26 heavy (non-hydrogen) atoms. The van der Waals surface area contributed by atoms with Crippen molar-refractivity contribution in [2.45, 2.75) is 31.8 Å². The number of hydrogen-bond donors (Lipinski definition) is 0. The van der Waals surface area contributed by atoms with Gasteiger partial charge in [0, 0.05) is 0 Å². The van der Waals surface area contributed by atoms with E-state index in [0.29, 0.717) is 0 Å². The van der Waals surface area contributed by atoms with Crippen molar-refractivity contribution in [1.29, 1.82) is 0 Å². The van der Waals surface area contributed by atoms with E-state index >= 15 is 0 Å². The van der Waals surface area contributed by atoms with Gasteiger partial charge in [-0.3, -0.25) is 8.85 Å². The Balaban J connectivity index is 3.13. The van der Waals surface area contributed by atoms with Crippen LogP contribution < -0.4 is 0 Å². The van der Waals surface area contributed by atoms with Crippen LogP contribution in [0.15, 0.2) is 34.3 Å². The van der Waals surface area contributed by atoms with Gasteiger partial charge in [-0.25, -0.2) is 0 Å². The maximum absolute atomic E-state index is 13.1. The Kier molecular flexibility index (Phi) is 7.82. The number of halogens is 3. The first-order valence-electron chi connectivity index (χ1n) is 7.46. The van der Waals surface area contributed by atoms with Crippen molar-refractivity contribution in [2.24, 2.45) is 5.16 Å². The minimum absolute atomic E-state index is 0.162. The summed E-state index contributed by atoms with van der Waals surface area (Å²) >= 11 is 0. The van der Waals surface area contributed by atoms with Gasteiger partial charge in [-0.2, -0.15) is 21.6 Å². The van der Waals surface area contributed by atoms with Gasteiger partial charge in [0.1, 0.15) is 11.1 Å². The highest BCUT2D eigenvalue weighted by Gasteiger charge is 2.43. The fraction of sp³-hybridized carbons (Fsp3) is 0.500. The number of alkyl halides is 3. The number of oxime groups is 1. The Morgan fingerprint density at radius 3 is 2.04 bits per heavy atom. The normalized spacial score (nSPS) is 13.7. The predicted molar refractivity (Wildman–Crippen MR) is 88.7 cm³/mol. The van der Waals surface area contributed by atoms with Crippen molar-refractivity contribution in [3.8, 4) is 0 Å². The van der Waals surface area contributed by atoms with Crippen LogP contribution in [0.25, 0.3) is 0 Å². The lowest BCUT2D eigenvalue weighted by Gasteiger charge is -2.18. The predicted octanol–water partition coefficient (Wildman–Crippen LogP) is 3.88. The highest BCUT2D eigenvalue weighted by atomic mass is 32.2. The lowest BCUT2D eigenvalue weighted by atomic mass is 10.2. The molecule has 12 heteroatoms. The van der Waals surface area contributed by atoms with Gasteiger partial charge in [-0.15, -0.1) is 0 Å². The maximum atomic E-state index is 13.1. The molecule has 1 aromatic carbocycles. The number of nitrogens with zero attached hydrogens (tertiary/aromatic N) is 1. The molecule has 0 unspecified atom stereocenters. The summed E-state index contributed by atoms with van der Waals surface area (Å²) in [6, 6.07) is 5.23. The maximum Gasteiger partial charge on any atom is 0.433 e. The summed E-state index contributed by atoms with van der Waals surface area (Å²) in [6.45, 7) is 4.23. The summed E-state index contributed by atoms with van der Waals surface area (Å²) < 4.78 is 89.3. The van der Waals surface area contributed by atoms with Crippen LogP contribution in [0, 0.1) is 6.92 Å². The highest BCUT2D eigenvalue weighted by molar-refractivity contribution is 7.86. The molecule has 0 aliphatic heterocycles. The van der Waals surface area contributed by atoms with E-state index in [1.165, 1.54) is 38.1 Å². The fourth-order valence-corrected chi connectivity index (χ4v) is 4.11. The lowest BCUT2D eigenvalue weighted by Crippen LogP contribution is -2.28. The topological polar surface area (TPSA) is 91.3 Å². The van der Waals surface area contributed by atoms with Gasteiger partial charge in [0.05, 0.1) is 13.2 Å². The molecule has 1 rings (SSSR count). The first-order chi connectivity index (χ1) is 11.9. The zero-order chi connectivity index (χ0) is 20.0. The molecule has 0 saturated carbocycles. The molecule has 0 aliphatic carbocycles. The molecule has 7 nitrogen and oxygen atoms in total. The molecular formula is C14H19F3NO6PS. The summed E-state index contributed by atoms with van der Waals surface area (Å²) in [5.74, 6) is 0. The molecule has 0 spiro atoms. The minimum Gasteiger partial charge on any atom is -0.309 e. The first-order valence-corrected chi connectivity index (χ1v) is 10.6. The van der Waals surface area contributed by atoms with Crippen LogP contribution >= 0.6 is 7.60 Å². The zero-order valence-electron chi connectivity index (χ0n) is 14.3. The number of rotatable bonds is 9. The summed E-state index contributed by atoms with van der Waals surface area (Å²) in [4.78, 5) is -0.369. The van der Waals surface area contributed by atoms with E-state index in [4.69, 9.17) is 9.05 Å². The number of aryl methyl sites for hydroxylation is 1.